The quantitative estimate of drug-likeness (QED) is 0.678. The highest BCUT2D eigenvalue weighted by Crippen LogP contribution is 2.26. The summed E-state index contributed by atoms with van der Waals surface area (Å²) >= 11 is 7.64. The summed E-state index contributed by atoms with van der Waals surface area (Å²) in [5, 5.41) is 2.07. The molecule has 2 heterocycles. The third-order valence-corrected chi connectivity index (χ3v) is 4.11. The molecule has 0 bridgehead atoms. The number of aromatic nitrogens is 3. The van der Waals surface area contributed by atoms with Gasteiger partial charge in [-0.15, -0.1) is 22.9 Å². The molecule has 0 aliphatic carbocycles. The summed E-state index contributed by atoms with van der Waals surface area (Å²) in [6.07, 6.45) is 0.871. The topological polar surface area (TPSA) is 39.9 Å². The second-order valence-corrected chi connectivity index (χ2v) is 5.36. The summed E-state index contributed by atoms with van der Waals surface area (Å²) in [6, 6.07) is 5.93. The van der Waals surface area contributed by atoms with E-state index in [-0.39, 0.29) is 0 Å². The summed E-state index contributed by atoms with van der Waals surface area (Å²) in [5.41, 5.74) is 4.87. The lowest BCUT2D eigenvalue weighted by Gasteiger charge is -2.06. The molecule has 3 aromatic rings. The van der Waals surface area contributed by atoms with E-state index in [9.17, 15) is 0 Å². The van der Waals surface area contributed by atoms with Crippen LogP contribution in [0.15, 0.2) is 29.1 Å². The molecular weight excluding hydrogens is 294 g/mol. The van der Waals surface area contributed by atoms with Gasteiger partial charge >= 0.3 is 0 Å². The first-order valence-electron chi connectivity index (χ1n) is 6.28. The zero-order valence-corrected chi connectivity index (χ0v) is 12.6. The van der Waals surface area contributed by atoms with Crippen molar-refractivity contribution in [1.82, 2.24) is 14.5 Å². The monoisotopic (exact) mass is 307 g/mol. The van der Waals surface area contributed by atoms with Gasteiger partial charge in [-0.05, 0) is 12.1 Å². The number of benzene rings is 1. The third kappa shape index (κ3) is 2.39. The molecule has 0 atom stereocenters. The van der Waals surface area contributed by atoms with Crippen molar-refractivity contribution in [2.75, 3.05) is 7.11 Å². The molecule has 0 amide bonds. The van der Waals surface area contributed by atoms with Gasteiger partial charge in [0.05, 0.1) is 29.7 Å². The fourth-order valence-corrected chi connectivity index (χ4v) is 3.07. The zero-order chi connectivity index (χ0) is 13.9. The maximum Gasteiger partial charge on any atom is 0.146 e. The Labute approximate surface area is 126 Å². The number of halogens is 1. The average molecular weight is 308 g/mol. The van der Waals surface area contributed by atoms with Crippen molar-refractivity contribution in [3.63, 3.8) is 0 Å². The Morgan fingerprint density at radius 3 is 3.00 bits per heavy atom. The second kappa shape index (κ2) is 5.81. The lowest BCUT2D eigenvalue weighted by molar-refractivity contribution is 0.419. The van der Waals surface area contributed by atoms with Crippen molar-refractivity contribution >= 4 is 34.0 Å². The van der Waals surface area contributed by atoms with E-state index in [0.29, 0.717) is 5.88 Å². The Morgan fingerprint density at radius 1 is 1.40 bits per heavy atom. The predicted octanol–water partition coefficient (Wildman–Crippen LogP) is 3.48. The number of thiazole rings is 1. The lowest BCUT2D eigenvalue weighted by atomic mass is 10.3. The number of aryl methyl sites for hydroxylation is 2. The van der Waals surface area contributed by atoms with Gasteiger partial charge in [-0.3, -0.25) is 0 Å². The van der Waals surface area contributed by atoms with E-state index in [1.807, 2.05) is 23.7 Å². The van der Waals surface area contributed by atoms with Crippen LogP contribution in [0.4, 0.5) is 0 Å². The Balaban J connectivity index is 1.99. The number of hydrogen-bond donors (Lipinski definition) is 0. The van der Waals surface area contributed by atoms with Crippen molar-refractivity contribution in [2.45, 2.75) is 18.8 Å². The van der Waals surface area contributed by atoms with Gasteiger partial charge in [-0.1, -0.05) is 6.07 Å². The first-order valence-corrected chi connectivity index (χ1v) is 7.76. The highest BCUT2D eigenvalue weighted by atomic mass is 35.5. The molecule has 0 saturated carbocycles. The molecule has 4 nitrogen and oxygen atoms in total. The number of para-hydroxylation sites is 1. The highest BCUT2D eigenvalue weighted by Gasteiger charge is 2.13. The van der Waals surface area contributed by atoms with E-state index in [1.165, 1.54) is 0 Å². The first-order chi connectivity index (χ1) is 9.83. The molecule has 1 aromatic carbocycles. The van der Waals surface area contributed by atoms with E-state index in [2.05, 4.69) is 19.9 Å². The average Bonchev–Trinajstić information content (AvgIpc) is 3.11. The van der Waals surface area contributed by atoms with Gasteiger partial charge in [0.15, 0.2) is 0 Å². The third-order valence-electron chi connectivity index (χ3n) is 3.24. The van der Waals surface area contributed by atoms with Gasteiger partial charge in [-0.2, -0.15) is 0 Å². The molecule has 104 valence electrons. The minimum Gasteiger partial charge on any atom is -0.494 e. The molecule has 6 heteroatoms. The Bertz CT molecular complexity index is 709. The minimum atomic E-state index is 0.384. The largest absolute Gasteiger partial charge is 0.494 e. The summed E-state index contributed by atoms with van der Waals surface area (Å²) < 4.78 is 7.50. The lowest BCUT2D eigenvalue weighted by Crippen LogP contribution is -2.05. The molecule has 0 aliphatic rings. The molecule has 2 aromatic heterocycles. The molecular formula is C14H14ClN3OS. The van der Waals surface area contributed by atoms with Gasteiger partial charge in [0.2, 0.25) is 0 Å². The van der Waals surface area contributed by atoms with E-state index >= 15 is 0 Å². The second-order valence-electron chi connectivity index (χ2n) is 4.37. The molecule has 0 unspecified atom stereocenters. The summed E-state index contributed by atoms with van der Waals surface area (Å²) in [5.74, 6) is 2.03. The fraction of sp³-hybridized carbons (Fsp3) is 0.286. The fourth-order valence-electron chi connectivity index (χ4n) is 2.27. The molecule has 3 rings (SSSR count). The van der Waals surface area contributed by atoms with Crippen LogP contribution in [0.3, 0.4) is 0 Å². The van der Waals surface area contributed by atoms with Crippen LogP contribution in [0, 0.1) is 0 Å². The number of fused-ring (bicyclic) bond motifs is 1. The van der Waals surface area contributed by atoms with Crippen molar-refractivity contribution in [2.24, 2.45) is 0 Å². The molecule has 0 aliphatic heterocycles. The number of rotatable bonds is 5. The van der Waals surface area contributed by atoms with Crippen LogP contribution in [0.25, 0.3) is 11.0 Å². The summed E-state index contributed by atoms with van der Waals surface area (Å²) in [7, 11) is 1.66. The Hall–Kier alpha value is -1.59. The maximum absolute atomic E-state index is 6.02. The van der Waals surface area contributed by atoms with Crippen molar-refractivity contribution in [3.8, 4) is 5.75 Å². The van der Waals surface area contributed by atoms with Crippen molar-refractivity contribution < 1.29 is 4.74 Å². The number of imidazole rings is 1. The predicted molar refractivity (Wildman–Crippen MR) is 81.7 cm³/mol. The van der Waals surface area contributed by atoms with E-state index in [4.69, 9.17) is 16.3 Å². The number of nitrogens with zero attached hydrogens (tertiary/aromatic N) is 3. The number of methoxy groups -OCH3 is 1. The van der Waals surface area contributed by atoms with Gasteiger partial charge in [0.25, 0.3) is 0 Å². The van der Waals surface area contributed by atoms with E-state index in [1.54, 1.807) is 18.4 Å². The van der Waals surface area contributed by atoms with Crippen LogP contribution in [0.2, 0.25) is 0 Å². The molecule has 0 fully saturated rings. The van der Waals surface area contributed by atoms with E-state index < -0.39 is 0 Å². The normalized spacial score (nSPS) is 11.1. The van der Waals surface area contributed by atoms with Crippen LogP contribution in [-0.2, 0) is 18.8 Å². The van der Waals surface area contributed by atoms with Crippen molar-refractivity contribution in [3.05, 3.63) is 40.6 Å². The smallest absolute Gasteiger partial charge is 0.146 e. The van der Waals surface area contributed by atoms with E-state index in [0.717, 1.165) is 41.3 Å². The van der Waals surface area contributed by atoms with Gasteiger partial charge in [0.1, 0.15) is 17.1 Å². The highest BCUT2D eigenvalue weighted by molar-refractivity contribution is 7.07. The summed E-state index contributed by atoms with van der Waals surface area (Å²) in [4.78, 5) is 8.90. The molecule has 20 heavy (non-hydrogen) atoms. The number of hydrogen-bond acceptors (Lipinski definition) is 4. The SMILES string of the molecule is COc1cccc2c1nc(CCl)n2CCc1cscn1. The Kier molecular flexibility index (Phi) is 3.89. The van der Waals surface area contributed by atoms with Crippen LogP contribution in [0.5, 0.6) is 5.75 Å². The standard InChI is InChI=1S/C14H14ClN3OS/c1-19-12-4-2-3-11-14(12)17-13(7-15)18(11)6-5-10-8-20-9-16-10/h2-4,8-9H,5-7H2,1H3. The summed E-state index contributed by atoms with van der Waals surface area (Å²) in [6.45, 7) is 0.815. The van der Waals surface area contributed by atoms with Gasteiger partial charge in [0, 0.05) is 18.3 Å². The first kappa shape index (κ1) is 13.4. The number of ether oxygens (including phenoxy) is 1. The minimum absolute atomic E-state index is 0.384. The van der Waals surface area contributed by atoms with Crippen LogP contribution in [0.1, 0.15) is 11.5 Å². The molecule has 0 saturated heterocycles. The van der Waals surface area contributed by atoms with Gasteiger partial charge < -0.3 is 9.30 Å². The maximum atomic E-state index is 6.02. The molecule has 0 spiro atoms. The Morgan fingerprint density at radius 2 is 2.30 bits per heavy atom. The zero-order valence-electron chi connectivity index (χ0n) is 11.0. The van der Waals surface area contributed by atoms with Crippen LogP contribution >= 0.6 is 22.9 Å². The van der Waals surface area contributed by atoms with Crippen LogP contribution in [-0.4, -0.2) is 21.6 Å². The number of alkyl halides is 1. The molecule has 0 radical (unpaired) electrons. The van der Waals surface area contributed by atoms with Crippen LogP contribution < -0.4 is 4.74 Å². The molecule has 0 N–H and O–H groups in total. The van der Waals surface area contributed by atoms with Gasteiger partial charge in [-0.25, -0.2) is 9.97 Å². The van der Waals surface area contributed by atoms with Crippen molar-refractivity contribution in [1.29, 1.82) is 0 Å².